The van der Waals surface area contributed by atoms with E-state index in [0.717, 1.165) is 4.57 Å². The lowest BCUT2D eigenvalue weighted by molar-refractivity contribution is -0.0412. The maximum absolute atomic E-state index is 11.8. The number of aromatic amines is 1. The van der Waals surface area contributed by atoms with Crippen LogP contribution in [0.4, 0.5) is 0 Å². The maximum atomic E-state index is 11.8. The van der Waals surface area contributed by atoms with Crippen molar-refractivity contribution in [1.82, 2.24) is 9.55 Å². The number of hydrogen-bond acceptors (Lipinski definition) is 10. The molecule has 1 aliphatic heterocycles. The minimum absolute atomic E-state index is 0.0864. The predicted molar refractivity (Wildman–Crippen MR) is 88.2 cm³/mol. The van der Waals surface area contributed by atoms with E-state index in [-0.39, 0.29) is 12.0 Å². The van der Waals surface area contributed by atoms with Gasteiger partial charge in [-0.05, 0) is 11.2 Å². The van der Waals surface area contributed by atoms with Gasteiger partial charge in [0.1, 0.15) is 18.9 Å². The number of nitrogens with one attached hydrogen (secondary N) is 1. The summed E-state index contributed by atoms with van der Waals surface area (Å²) in [6.45, 7) is 0.829. The summed E-state index contributed by atoms with van der Waals surface area (Å²) in [5.74, 6) is 0. The fourth-order valence-electron chi connectivity index (χ4n) is 2.23. The minimum Gasteiger partial charge on any atom is -0.390 e. The Balaban J connectivity index is 1.96. The molecule has 0 spiro atoms. The lowest BCUT2D eigenvalue weighted by atomic mass is 10.2. The van der Waals surface area contributed by atoms with Crippen LogP contribution in [-0.4, -0.2) is 48.2 Å². The number of aryl methyl sites for hydroxylation is 1. The van der Waals surface area contributed by atoms with Gasteiger partial charge < -0.3 is 19.6 Å². The summed E-state index contributed by atoms with van der Waals surface area (Å²) in [6.07, 6.45) is -2.16. The first-order valence-corrected chi connectivity index (χ1v) is 11.4. The van der Waals surface area contributed by atoms with Crippen LogP contribution in [0.1, 0.15) is 18.2 Å². The van der Waals surface area contributed by atoms with E-state index >= 15 is 0 Å². The van der Waals surface area contributed by atoms with Gasteiger partial charge in [-0.2, -0.15) is 4.31 Å². The molecule has 1 aromatic heterocycles. The molecule has 5 N–H and O–H groups in total. The average molecular weight is 465 g/mol. The topological polar surface area (TPSA) is 224 Å². The molecule has 18 heteroatoms. The molecule has 1 fully saturated rings. The van der Waals surface area contributed by atoms with Crippen molar-refractivity contribution in [2.75, 3.05) is 6.61 Å². The highest BCUT2D eigenvalue weighted by atomic mass is 31.3. The Labute approximate surface area is 156 Å². The van der Waals surface area contributed by atoms with Crippen LogP contribution in [0.25, 0.3) is 0 Å². The molecule has 15 nitrogen and oxygen atoms in total. The van der Waals surface area contributed by atoms with Crippen LogP contribution in [0, 0.1) is 6.92 Å². The van der Waals surface area contributed by atoms with Crippen molar-refractivity contribution in [2.45, 2.75) is 31.8 Å². The van der Waals surface area contributed by atoms with Crippen LogP contribution >= 0.6 is 23.9 Å². The Morgan fingerprint density at radius 1 is 1.36 bits per heavy atom. The zero-order valence-electron chi connectivity index (χ0n) is 14.0. The van der Waals surface area contributed by atoms with E-state index in [4.69, 9.17) is 19.4 Å². The summed E-state index contributed by atoms with van der Waals surface area (Å²) >= 11 is 0. The number of nitrogens with zero attached hydrogens (tertiary/aromatic N) is 1. The molecule has 5 atom stereocenters. The molecule has 2 heterocycles. The Kier molecular flexibility index (Phi) is 7.24. The third-order valence-electron chi connectivity index (χ3n) is 3.38. The number of aliphatic hydroxyl groups is 1. The van der Waals surface area contributed by atoms with Crippen molar-refractivity contribution in [3.8, 4) is 0 Å². The molecule has 0 radical (unpaired) electrons. The van der Waals surface area contributed by atoms with Crippen molar-refractivity contribution in [2.24, 2.45) is 0 Å². The van der Waals surface area contributed by atoms with E-state index in [9.17, 15) is 28.4 Å². The zero-order valence-corrected chi connectivity index (χ0v) is 16.7. The molecule has 1 saturated heterocycles. The van der Waals surface area contributed by atoms with Crippen LogP contribution in [0.15, 0.2) is 15.8 Å². The quantitative estimate of drug-likeness (QED) is 0.303. The lowest BCUT2D eigenvalue weighted by Crippen LogP contribution is -2.33. The maximum Gasteiger partial charge on any atom is 0.708 e. The first kappa shape index (κ1) is 23.2. The van der Waals surface area contributed by atoms with E-state index < -0.39 is 60.2 Å². The summed E-state index contributed by atoms with van der Waals surface area (Å²) in [5.41, 5.74) is -1.14. The van der Waals surface area contributed by atoms with E-state index in [0.29, 0.717) is 0 Å². The molecular weight excluding hydrogens is 449 g/mol. The molecule has 1 aromatic rings. The predicted octanol–water partition coefficient (Wildman–Crippen LogP) is -0.606. The Morgan fingerprint density at radius 3 is 2.61 bits per heavy atom. The minimum atomic E-state index is -5.39. The van der Waals surface area contributed by atoms with Crippen molar-refractivity contribution in [1.29, 1.82) is 0 Å². The number of aliphatic hydroxyl groups excluding tert-OH is 1. The second-order valence-electron chi connectivity index (χ2n) is 5.55. The standard InChI is InChI=1S/C10H15N2O13P3/c1-5-3-12(10(15)11-9(5)14)8-2-6(13)7(23-8)4-22-26(16)24-28(20,21)25-27(17,18)19/h3,6-8,13H,2,4H2,1H3,(H3-,11,14,15,17,18,19,20,21)/p+1/t6?,7-,8-/m1/s1. The van der Waals surface area contributed by atoms with E-state index in [1.807, 2.05) is 0 Å². The number of hydrogen-bond donors (Lipinski definition) is 5. The molecule has 3 unspecified atom stereocenters. The van der Waals surface area contributed by atoms with Gasteiger partial charge in [-0.15, -0.1) is 4.52 Å². The van der Waals surface area contributed by atoms with Crippen molar-refractivity contribution >= 4 is 23.9 Å². The van der Waals surface area contributed by atoms with Gasteiger partial charge in [0.25, 0.3) is 5.56 Å². The highest BCUT2D eigenvalue weighted by molar-refractivity contribution is 7.64. The first-order valence-electron chi connectivity index (χ1n) is 7.32. The summed E-state index contributed by atoms with van der Waals surface area (Å²) in [6, 6.07) is 0. The van der Waals surface area contributed by atoms with E-state index in [1.54, 1.807) is 0 Å². The average Bonchev–Trinajstić information content (AvgIpc) is 2.86. The second-order valence-corrected chi connectivity index (χ2v) is 9.48. The molecule has 2 rings (SSSR count). The summed E-state index contributed by atoms with van der Waals surface area (Å²) in [7, 11) is -14.1. The smallest absolute Gasteiger partial charge is 0.390 e. The van der Waals surface area contributed by atoms with Crippen LogP contribution in [-0.2, 0) is 31.6 Å². The molecule has 0 saturated carbocycles. The Bertz CT molecular complexity index is 951. The molecule has 1 aliphatic rings. The highest BCUT2D eigenvalue weighted by Crippen LogP contribution is 2.61. The first-order chi connectivity index (χ1) is 12.8. The van der Waals surface area contributed by atoms with Gasteiger partial charge in [-0.3, -0.25) is 19.2 Å². The number of rotatable bonds is 8. The molecular formula is C10H16N2O13P3+. The monoisotopic (exact) mass is 465 g/mol. The van der Waals surface area contributed by atoms with Gasteiger partial charge in [0.05, 0.1) is 6.10 Å². The van der Waals surface area contributed by atoms with Gasteiger partial charge in [0.2, 0.25) is 0 Å². The van der Waals surface area contributed by atoms with Gasteiger partial charge in [0.15, 0.2) is 0 Å². The molecule has 158 valence electrons. The summed E-state index contributed by atoms with van der Waals surface area (Å²) < 4.78 is 51.6. The summed E-state index contributed by atoms with van der Waals surface area (Å²) in [4.78, 5) is 51.2. The molecule has 0 bridgehead atoms. The van der Waals surface area contributed by atoms with E-state index in [1.165, 1.54) is 13.1 Å². The molecule has 0 aromatic carbocycles. The van der Waals surface area contributed by atoms with Crippen LogP contribution in [0.5, 0.6) is 0 Å². The number of phosphoric acid groups is 2. The van der Waals surface area contributed by atoms with Gasteiger partial charge in [0, 0.05) is 22.7 Å². The fraction of sp³-hybridized carbons (Fsp3) is 0.600. The van der Waals surface area contributed by atoms with Crippen LogP contribution in [0.2, 0.25) is 0 Å². The van der Waals surface area contributed by atoms with Gasteiger partial charge in [-0.25, -0.2) is 13.9 Å². The SMILES string of the molecule is Cc1cn([C@H]2CC(O)[C@@H](CO[P+](=O)OP(=O)(O)OP(=O)(O)O)O2)c(=O)[nH]c1=O. The van der Waals surface area contributed by atoms with Gasteiger partial charge in [-0.1, -0.05) is 0 Å². The van der Waals surface area contributed by atoms with Crippen molar-refractivity contribution in [3.63, 3.8) is 0 Å². The Morgan fingerprint density at radius 2 is 2.00 bits per heavy atom. The second kappa shape index (κ2) is 8.74. The lowest BCUT2D eigenvalue weighted by Gasteiger charge is -2.14. The molecule has 0 amide bonds. The molecule has 28 heavy (non-hydrogen) atoms. The largest absolute Gasteiger partial charge is 0.708 e. The molecule has 0 aliphatic carbocycles. The number of ether oxygens (including phenoxy) is 1. The third kappa shape index (κ3) is 6.48. The normalized spacial score (nSPS) is 25.5. The Hall–Kier alpha value is -1.08. The number of aromatic nitrogens is 2. The van der Waals surface area contributed by atoms with E-state index in [2.05, 4.69) is 18.1 Å². The zero-order chi connectivity index (χ0) is 21.3. The third-order valence-corrected chi connectivity index (χ3v) is 6.78. The van der Waals surface area contributed by atoms with Crippen LogP contribution in [0.3, 0.4) is 0 Å². The van der Waals surface area contributed by atoms with Crippen molar-refractivity contribution < 1.29 is 51.4 Å². The fourth-order valence-corrected chi connectivity index (χ4v) is 4.82. The van der Waals surface area contributed by atoms with Gasteiger partial charge >= 0.3 is 29.6 Å². The highest BCUT2D eigenvalue weighted by Gasteiger charge is 2.44. The van der Waals surface area contributed by atoms with Crippen molar-refractivity contribution in [3.05, 3.63) is 32.6 Å². The number of H-pyrrole nitrogens is 1. The summed E-state index contributed by atoms with van der Waals surface area (Å²) in [5, 5.41) is 9.97. The van der Waals surface area contributed by atoms with Crippen LogP contribution < -0.4 is 11.2 Å².